The van der Waals surface area contributed by atoms with Crippen molar-refractivity contribution in [2.75, 3.05) is 13.2 Å². The van der Waals surface area contributed by atoms with E-state index in [-0.39, 0.29) is 13.2 Å². The maximum Gasteiger partial charge on any atom is 0.112 e. The average molecular weight is 328 g/mol. The van der Waals surface area contributed by atoms with Crippen molar-refractivity contribution in [3.8, 4) is 47.4 Å². The zero-order valence-electron chi connectivity index (χ0n) is 14.1. The molecule has 0 unspecified atom stereocenters. The van der Waals surface area contributed by atoms with Gasteiger partial charge in [0.25, 0.3) is 0 Å². The monoisotopic (exact) mass is 328 g/mol. The highest BCUT2D eigenvalue weighted by Gasteiger charge is 1.79. The number of rotatable bonds is 2. The van der Waals surface area contributed by atoms with Crippen LogP contribution in [0.3, 0.4) is 0 Å². The molecule has 24 heavy (non-hydrogen) atoms. The van der Waals surface area contributed by atoms with E-state index >= 15 is 0 Å². The molecule has 0 aromatic carbocycles. The highest BCUT2D eigenvalue weighted by atomic mass is 16.3. The van der Waals surface area contributed by atoms with Crippen LogP contribution >= 0.6 is 0 Å². The largest absolute Gasteiger partial charge is 0.395 e. The molecule has 4 N–H and O–H groups in total. The molecule has 0 fully saturated rings. The van der Waals surface area contributed by atoms with Crippen LogP contribution in [0.1, 0.15) is 26.7 Å². The average Bonchev–Trinajstić information content (AvgIpc) is 2.53. The summed E-state index contributed by atoms with van der Waals surface area (Å²) in [5.74, 6) is 21.1. The number of allylic oxidation sites excluding steroid dienone is 4. The fraction of sp³-hybridized carbons (Fsp3) is 0.400. The Morgan fingerprint density at radius 3 is 1.29 bits per heavy atom. The summed E-state index contributed by atoms with van der Waals surface area (Å²) in [6.45, 7) is 3.36. The third kappa shape index (κ3) is 27.8. The van der Waals surface area contributed by atoms with Crippen LogP contribution in [0.5, 0.6) is 0 Å². The molecule has 2 atom stereocenters. The molecule has 0 spiro atoms. The van der Waals surface area contributed by atoms with E-state index in [1.165, 1.54) is 0 Å². The molecular weight excluding hydrogens is 304 g/mol. The maximum absolute atomic E-state index is 8.72. The van der Waals surface area contributed by atoms with Crippen LogP contribution in [0, 0.1) is 47.4 Å². The van der Waals surface area contributed by atoms with E-state index in [9.17, 15) is 0 Å². The molecule has 4 heteroatoms. The summed E-state index contributed by atoms with van der Waals surface area (Å²) in [5, 5.41) is 34.1. The Morgan fingerprint density at radius 1 is 0.667 bits per heavy atom. The van der Waals surface area contributed by atoms with Gasteiger partial charge in [0.1, 0.15) is 12.2 Å². The lowest BCUT2D eigenvalue weighted by Crippen LogP contribution is -1.91. The van der Waals surface area contributed by atoms with Gasteiger partial charge in [-0.15, -0.1) is 0 Å². The molecule has 0 saturated heterocycles. The Bertz CT molecular complexity index is 541. The molecule has 0 amide bonds. The second-order valence-electron chi connectivity index (χ2n) is 4.19. The van der Waals surface area contributed by atoms with E-state index in [4.69, 9.17) is 20.4 Å². The molecule has 0 rings (SSSR count). The topological polar surface area (TPSA) is 80.9 Å². The van der Waals surface area contributed by atoms with Gasteiger partial charge in [0, 0.05) is 12.8 Å². The lowest BCUT2D eigenvalue weighted by atomic mass is 10.4. The van der Waals surface area contributed by atoms with Gasteiger partial charge in [0.15, 0.2) is 0 Å². The van der Waals surface area contributed by atoms with Gasteiger partial charge in [-0.2, -0.15) is 0 Å². The SMILES string of the molecule is C[C@@H](O)C#C/C=C/C#CCCO.C[C@H](O)C#C/C=C/C#CCCO. The van der Waals surface area contributed by atoms with Crippen molar-refractivity contribution >= 4 is 0 Å². The van der Waals surface area contributed by atoms with E-state index in [1.807, 2.05) is 0 Å². The summed E-state index contributed by atoms with van der Waals surface area (Å²) < 4.78 is 0. The predicted molar refractivity (Wildman–Crippen MR) is 96.2 cm³/mol. The van der Waals surface area contributed by atoms with E-state index in [1.54, 1.807) is 38.2 Å². The second-order valence-corrected chi connectivity index (χ2v) is 4.19. The van der Waals surface area contributed by atoms with Crippen LogP contribution in [-0.2, 0) is 0 Å². The summed E-state index contributed by atoms with van der Waals surface area (Å²) in [7, 11) is 0. The lowest BCUT2D eigenvalue weighted by molar-refractivity contribution is 0.253. The summed E-state index contributed by atoms with van der Waals surface area (Å²) >= 11 is 0. The Balaban J connectivity index is 0. The molecule has 0 radical (unpaired) electrons. The van der Waals surface area contributed by atoms with Crippen LogP contribution in [0.25, 0.3) is 0 Å². The van der Waals surface area contributed by atoms with Gasteiger partial charge >= 0.3 is 0 Å². The molecule has 0 heterocycles. The van der Waals surface area contributed by atoms with E-state index in [0.717, 1.165) is 0 Å². The Hall–Kier alpha value is -2.44. The molecule has 0 aromatic rings. The van der Waals surface area contributed by atoms with Gasteiger partial charge in [-0.05, 0) is 38.2 Å². The fourth-order valence-corrected chi connectivity index (χ4v) is 0.878. The number of hydrogen-bond acceptors (Lipinski definition) is 4. The number of hydrogen-bond donors (Lipinski definition) is 4. The van der Waals surface area contributed by atoms with Gasteiger partial charge in [-0.1, -0.05) is 47.4 Å². The second kappa shape index (κ2) is 20.6. The summed E-state index contributed by atoms with van der Waals surface area (Å²) in [5.41, 5.74) is 0. The van der Waals surface area contributed by atoms with Gasteiger partial charge in [0.05, 0.1) is 13.2 Å². The summed E-state index contributed by atoms with van der Waals surface area (Å²) in [6.07, 6.45) is 6.08. The minimum Gasteiger partial charge on any atom is -0.395 e. The minimum absolute atomic E-state index is 0.0835. The van der Waals surface area contributed by atoms with Crippen LogP contribution in [0.2, 0.25) is 0 Å². The molecule has 128 valence electrons. The first-order valence-electron chi connectivity index (χ1n) is 7.41. The van der Waals surface area contributed by atoms with E-state index in [0.29, 0.717) is 12.8 Å². The van der Waals surface area contributed by atoms with Crippen molar-refractivity contribution in [1.29, 1.82) is 0 Å². The van der Waals surface area contributed by atoms with Gasteiger partial charge in [-0.3, -0.25) is 0 Å². The zero-order valence-corrected chi connectivity index (χ0v) is 14.1. The number of aliphatic hydroxyl groups is 4. The standard InChI is InChI=1S/2C10H12O2/c2*1-10(12)8-6-4-2-3-5-7-9-11/h2*2,4,10-12H,7,9H2,1H3/b2*4-2+/t2*10-/m10/s1. The van der Waals surface area contributed by atoms with Gasteiger partial charge in [-0.25, -0.2) is 0 Å². The molecular formula is C20H24O4. The summed E-state index contributed by atoms with van der Waals surface area (Å²) in [4.78, 5) is 0. The Kier molecular flexibility index (Phi) is 20.4. The molecule has 0 aliphatic heterocycles. The molecule has 0 aliphatic carbocycles. The van der Waals surface area contributed by atoms with Crippen molar-refractivity contribution in [3.63, 3.8) is 0 Å². The maximum atomic E-state index is 8.72. The van der Waals surface area contributed by atoms with Gasteiger partial charge < -0.3 is 20.4 Å². The highest BCUT2D eigenvalue weighted by Crippen LogP contribution is 1.76. The first-order valence-corrected chi connectivity index (χ1v) is 7.41. The van der Waals surface area contributed by atoms with E-state index in [2.05, 4.69) is 47.4 Å². The zero-order chi connectivity index (χ0) is 18.5. The molecule has 4 nitrogen and oxygen atoms in total. The molecule has 0 aliphatic rings. The number of aliphatic hydroxyl groups excluding tert-OH is 4. The van der Waals surface area contributed by atoms with Crippen molar-refractivity contribution in [2.45, 2.75) is 38.9 Å². The van der Waals surface area contributed by atoms with Crippen LogP contribution in [0.4, 0.5) is 0 Å². The third-order valence-electron chi connectivity index (χ3n) is 1.76. The Morgan fingerprint density at radius 2 is 1.00 bits per heavy atom. The lowest BCUT2D eigenvalue weighted by Gasteiger charge is -1.83. The summed E-state index contributed by atoms with van der Waals surface area (Å²) in [6, 6.07) is 0. The van der Waals surface area contributed by atoms with Crippen molar-refractivity contribution in [1.82, 2.24) is 0 Å². The van der Waals surface area contributed by atoms with E-state index < -0.39 is 12.2 Å². The molecule has 0 aromatic heterocycles. The van der Waals surface area contributed by atoms with Crippen molar-refractivity contribution in [2.24, 2.45) is 0 Å². The quantitative estimate of drug-likeness (QED) is 0.561. The Labute approximate surface area is 144 Å². The predicted octanol–water partition coefficient (Wildman–Crippen LogP) is 0.625. The van der Waals surface area contributed by atoms with Crippen LogP contribution in [0.15, 0.2) is 24.3 Å². The van der Waals surface area contributed by atoms with Crippen LogP contribution in [-0.4, -0.2) is 45.8 Å². The van der Waals surface area contributed by atoms with Crippen LogP contribution < -0.4 is 0 Å². The molecule has 0 bridgehead atoms. The van der Waals surface area contributed by atoms with Gasteiger partial charge in [0.2, 0.25) is 0 Å². The van der Waals surface area contributed by atoms with Crippen molar-refractivity contribution in [3.05, 3.63) is 24.3 Å². The first kappa shape index (κ1) is 23.8. The highest BCUT2D eigenvalue weighted by molar-refractivity contribution is 5.26. The fourth-order valence-electron chi connectivity index (χ4n) is 0.878. The smallest absolute Gasteiger partial charge is 0.112 e. The first-order chi connectivity index (χ1) is 11.5. The molecule has 0 saturated carbocycles. The normalized spacial score (nSPS) is 11.2. The minimum atomic E-state index is -0.597. The van der Waals surface area contributed by atoms with Crippen molar-refractivity contribution < 1.29 is 20.4 Å². The third-order valence-corrected chi connectivity index (χ3v) is 1.76.